The van der Waals surface area contributed by atoms with E-state index >= 15 is 0 Å². The molecule has 152 valence electrons. The topological polar surface area (TPSA) is 72.3 Å². The minimum absolute atomic E-state index is 0.0787. The maximum absolute atomic E-state index is 13.1. The molecule has 2 amide bonds. The molecule has 1 aromatic heterocycles. The fourth-order valence-electron chi connectivity index (χ4n) is 3.60. The van der Waals surface area contributed by atoms with Crippen LogP contribution in [-0.2, 0) is 13.1 Å². The zero-order valence-corrected chi connectivity index (χ0v) is 17.3. The third kappa shape index (κ3) is 3.56. The molecule has 0 spiro atoms. The standard InChI is InChI=1S/C24H23N3O3/c1-15(2)13-27-22(28)18(12-21(25-27)17-10-8-16(3)9-11-17)14-26-23(29)19-6-4-5-7-20(19)24(26)30/h4-12,15H,13-14H2,1-3H3. The van der Waals surface area contributed by atoms with E-state index in [1.807, 2.05) is 45.0 Å². The molecule has 1 aliphatic rings. The van der Waals surface area contributed by atoms with Crippen LogP contribution in [0.1, 0.15) is 45.7 Å². The van der Waals surface area contributed by atoms with Gasteiger partial charge < -0.3 is 0 Å². The molecule has 6 nitrogen and oxygen atoms in total. The van der Waals surface area contributed by atoms with Crippen molar-refractivity contribution >= 4 is 11.8 Å². The van der Waals surface area contributed by atoms with Crippen molar-refractivity contribution in [3.05, 3.63) is 87.2 Å². The Bertz CT molecular complexity index is 1160. The molecule has 6 heteroatoms. The Morgan fingerprint density at radius 1 is 0.900 bits per heavy atom. The summed E-state index contributed by atoms with van der Waals surface area (Å²) in [7, 11) is 0. The lowest BCUT2D eigenvalue weighted by molar-refractivity contribution is 0.0641. The molecule has 0 atom stereocenters. The van der Waals surface area contributed by atoms with E-state index in [0.29, 0.717) is 28.9 Å². The lowest BCUT2D eigenvalue weighted by Crippen LogP contribution is -2.35. The van der Waals surface area contributed by atoms with E-state index in [0.717, 1.165) is 16.0 Å². The van der Waals surface area contributed by atoms with E-state index in [2.05, 4.69) is 5.10 Å². The summed E-state index contributed by atoms with van der Waals surface area (Å²) in [4.78, 5) is 39.7. The predicted molar refractivity (Wildman–Crippen MR) is 114 cm³/mol. The third-order valence-corrected chi connectivity index (χ3v) is 5.14. The van der Waals surface area contributed by atoms with Crippen LogP contribution in [0.5, 0.6) is 0 Å². The van der Waals surface area contributed by atoms with Crippen molar-refractivity contribution in [2.24, 2.45) is 5.92 Å². The Balaban J connectivity index is 1.76. The summed E-state index contributed by atoms with van der Waals surface area (Å²) >= 11 is 0. The second-order valence-electron chi connectivity index (χ2n) is 8.04. The van der Waals surface area contributed by atoms with Gasteiger partial charge in [-0.05, 0) is 31.0 Å². The van der Waals surface area contributed by atoms with Crippen molar-refractivity contribution in [1.29, 1.82) is 0 Å². The normalized spacial score (nSPS) is 13.3. The minimum atomic E-state index is -0.376. The van der Waals surface area contributed by atoms with Gasteiger partial charge in [-0.1, -0.05) is 55.8 Å². The first-order valence-electron chi connectivity index (χ1n) is 9.98. The molecule has 0 bridgehead atoms. The first kappa shape index (κ1) is 19.8. The summed E-state index contributed by atoms with van der Waals surface area (Å²) in [6.07, 6.45) is 0. The van der Waals surface area contributed by atoms with Gasteiger partial charge in [-0.2, -0.15) is 5.10 Å². The van der Waals surface area contributed by atoms with Crippen LogP contribution in [-0.4, -0.2) is 26.5 Å². The van der Waals surface area contributed by atoms with Gasteiger partial charge in [0, 0.05) is 17.7 Å². The molecule has 3 aromatic rings. The van der Waals surface area contributed by atoms with Crippen LogP contribution < -0.4 is 5.56 Å². The summed E-state index contributed by atoms with van der Waals surface area (Å²) in [5, 5.41) is 4.54. The van der Waals surface area contributed by atoms with Gasteiger partial charge in [-0.25, -0.2) is 4.68 Å². The Morgan fingerprint density at radius 2 is 1.50 bits per heavy atom. The van der Waals surface area contributed by atoms with Gasteiger partial charge in [0.2, 0.25) is 0 Å². The summed E-state index contributed by atoms with van der Waals surface area (Å²) in [5.41, 5.74) is 3.48. The summed E-state index contributed by atoms with van der Waals surface area (Å²) < 4.78 is 1.44. The number of aryl methyl sites for hydroxylation is 1. The average molecular weight is 401 g/mol. The molecule has 0 aliphatic carbocycles. The van der Waals surface area contributed by atoms with Gasteiger partial charge in [0.1, 0.15) is 0 Å². The molecule has 0 saturated heterocycles. The lowest BCUT2D eigenvalue weighted by atomic mass is 10.1. The predicted octanol–water partition coefficient (Wildman–Crippen LogP) is 3.67. The molecular formula is C24H23N3O3. The highest BCUT2D eigenvalue weighted by Gasteiger charge is 2.35. The molecular weight excluding hydrogens is 378 g/mol. The van der Waals surface area contributed by atoms with Crippen molar-refractivity contribution in [3.8, 4) is 11.3 Å². The maximum atomic E-state index is 13.1. The number of carbonyl (C=O) groups is 2. The monoisotopic (exact) mass is 401 g/mol. The first-order chi connectivity index (χ1) is 14.3. The van der Waals surface area contributed by atoms with Gasteiger partial charge in [-0.3, -0.25) is 19.3 Å². The molecule has 0 N–H and O–H groups in total. The van der Waals surface area contributed by atoms with Gasteiger partial charge in [0.15, 0.2) is 0 Å². The molecule has 1 aliphatic heterocycles. The van der Waals surface area contributed by atoms with Gasteiger partial charge in [-0.15, -0.1) is 0 Å². The largest absolute Gasteiger partial charge is 0.271 e. The number of aromatic nitrogens is 2. The molecule has 2 heterocycles. The number of carbonyl (C=O) groups excluding carboxylic acids is 2. The Labute approximate surface area is 174 Å². The van der Waals surface area contributed by atoms with Crippen LogP contribution >= 0.6 is 0 Å². The van der Waals surface area contributed by atoms with Crippen LogP contribution in [0.15, 0.2) is 59.4 Å². The third-order valence-electron chi connectivity index (χ3n) is 5.14. The maximum Gasteiger partial charge on any atom is 0.271 e. The molecule has 0 saturated carbocycles. The van der Waals surface area contributed by atoms with E-state index < -0.39 is 0 Å². The molecule has 2 aromatic carbocycles. The number of rotatable bonds is 5. The van der Waals surface area contributed by atoms with Crippen LogP contribution in [0.25, 0.3) is 11.3 Å². The van der Waals surface area contributed by atoms with Crippen LogP contribution in [0.3, 0.4) is 0 Å². The van der Waals surface area contributed by atoms with Crippen molar-refractivity contribution in [2.75, 3.05) is 0 Å². The Morgan fingerprint density at radius 3 is 2.07 bits per heavy atom. The molecule has 4 rings (SSSR count). The summed E-state index contributed by atoms with van der Waals surface area (Å²) in [6, 6.07) is 16.3. The van der Waals surface area contributed by atoms with Gasteiger partial charge in [0.05, 0.1) is 23.4 Å². The Kier molecular flexibility index (Phi) is 5.08. The van der Waals surface area contributed by atoms with Crippen molar-refractivity contribution in [3.63, 3.8) is 0 Å². The van der Waals surface area contributed by atoms with Gasteiger partial charge >= 0.3 is 0 Å². The van der Waals surface area contributed by atoms with E-state index in [4.69, 9.17) is 0 Å². The number of benzene rings is 2. The zero-order valence-electron chi connectivity index (χ0n) is 17.3. The summed E-state index contributed by atoms with van der Waals surface area (Å²) in [5.74, 6) is -0.533. The fourth-order valence-corrected chi connectivity index (χ4v) is 3.60. The quantitative estimate of drug-likeness (QED) is 0.612. The molecule has 0 fully saturated rings. The van der Waals surface area contributed by atoms with Crippen molar-refractivity contribution in [1.82, 2.24) is 14.7 Å². The van der Waals surface area contributed by atoms with Crippen molar-refractivity contribution in [2.45, 2.75) is 33.9 Å². The highest BCUT2D eigenvalue weighted by Crippen LogP contribution is 2.25. The number of hydrogen-bond donors (Lipinski definition) is 0. The highest BCUT2D eigenvalue weighted by molar-refractivity contribution is 6.21. The van der Waals surface area contributed by atoms with Crippen LogP contribution in [0, 0.1) is 12.8 Å². The average Bonchev–Trinajstić information content (AvgIpc) is 2.96. The van der Waals surface area contributed by atoms with Crippen molar-refractivity contribution < 1.29 is 9.59 Å². The highest BCUT2D eigenvalue weighted by atomic mass is 16.2. The number of fused-ring (bicyclic) bond motifs is 1. The number of amides is 2. The minimum Gasteiger partial charge on any atom is -0.270 e. The number of hydrogen-bond acceptors (Lipinski definition) is 4. The second kappa shape index (κ2) is 7.71. The fraction of sp³-hybridized carbons (Fsp3) is 0.250. The van der Waals surface area contributed by atoms with E-state index in [-0.39, 0.29) is 29.8 Å². The molecule has 30 heavy (non-hydrogen) atoms. The van der Waals surface area contributed by atoms with E-state index in [1.165, 1.54) is 4.68 Å². The lowest BCUT2D eigenvalue weighted by Gasteiger charge is -2.16. The SMILES string of the molecule is Cc1ccc(-c2cc(CN3C(=O)c4ccccc4C3=O)c(=O)n(CC(C)C)n2)cc1. The molecule has 0 unspecified atom stereocenters. The summed E-state index contributed by atoms with van der Waals surface area (Å²) in [6.45, 7) is 6.40. The second-order valence-corrected chi connectivity index (χ2v) is 8.04. The van der Waals surface area contributed by atoms with E-state index in [9.17, 15) is 14.4 Å². The molecule has 0 radical (unpaired) electrons. The van der Waals surface area contributed by atoms with Crippen LogP contribution in [0.2, 0.25) is 0 Å². The van der Waals surface area contributed by atoms with Crippen LogP contribution in [0.4, 0.5) is 0 Å². The number of imide groups is 1. The number of nitrogens with zero attached hydrogens (tertiary/aromatic N) is 3. The first-order valence-corrected chi connectivity index (χ1v) is 9.98. The van der Waals surface area contributed by atoms with Gasteiger partial charge in [0.25, 0.3) is 17.4 Å². The van der Waals surface area contributed by atoms with E-state index in [1.54, 1.807) is 30.3 Å². The Hall–Kier alpha value is -3.54. The smallest absolute Gasteiger partial charge is 0.270 e. The zero-order chi connectivity index (χ0) is 21.4.